The third kappa shape index (κ3) is 1.51. The number of hydrogen-bond acceptors (Lipinski definition) is 2. The van der Waals surface area contributed by atoms with Gasteiger partial charge in [0.15, 0.2) is 11.8 Å². The van der Waals surface area contributed by atoms with E-state index in [1.165, 1.54) is 0 Å². The zero-order valence-corrected chi connectivity index (χ0v) is 4.94. The number of halogens is 3. The van der Waals surface area contributed by atoms with Crippen LogP contribution in [0.15, 0.2) is 4.99 Å². The summed E-state index contributed by atoms with van der Waals surface area (Å²) < 4.78 is 23.2. The van der Waals surface area contributed by atoms with Gasteiger partial charge in [-0.15, -0.1) is 0 Å². The molecule has 0 saturated carbocycles. The Balaban J connectivity index is 2.41. The van der Waals surface area contributed by atoms with Crippen molar-refractivity contribution >= 4 is 17.9 Å². The van der Waals surface area contributed by atoms with Gasteiger partial charge in [0.25, 0.3) is 0 Å². The number of nitrogens with zero attached hydrogens (tertiary/aromatic N) is 2. The van der Waals surface area contributed by atoms with Crippen LogP contribution in [0.3, 0.4) is 0 Å². The summed E-state index contributed by atoms with van der Waals surface area (Å²) in [7, 11) is 0. The van der Waals surface area contributed by atoms with E-state index in [1.54, 1.807) is 0 Å². The molecular weight excluding hydrogens is 150 g/mol. The van der Waals surface area contributed by atoms with Crippen molar-refractivity contribution in [3.05, 3.63) is 6.54 Å². The second kappa shape index (κ2) is 2.47. The van der Waals surface area contributed by atoms with E-state index in [-0.39, 0.29) is 0 Å². The van der Waals surface area contributed by atoms with Crippen molar-refractivity contribution in [3.63, 3.8) is 0 Å². The molecule has 0 spiro atoms. The van der Waals surface area contributed by atoms with E-state index in [4.69, 9.17) is 11.6 Å². The molecule has 1 rings (SSSR count). The summed E-state index contributed by atoms with van der Waals surface area (Å²) in [6.45, 7) is -0.517. The molecule has 3 radical (unpaired) electrons. The Kier molecular flexibility index (Phi) is 1.85. The summed E-state index contributed by atoms with van der Waals surface area (Å²) in [5.74, 6) is 0. The SMILES string of the molecule is FC(F)N1[C]C(Cl)N=[C]1. The van der Waals surface area contributed by atoms with Crippen LogP contribution in [0.1, 0.15) is 0 Å². The molecule has 1 atom stereocenters. The highest BCUT2D eigenvalue weighted by atomic mass is 35.5. The molecule has 1 aliphatic heterocycles. The summed E-state index contributed by atoms with van der Waals surface area (Å²) in [5, 5.41) is 0. The lowest BCUT2D eigenvalue weighted by Gasteiger charge is -2.08. The summed E-state index contributed by atoms with van der Waals surface area (Å²) in [4.78, 5) is 3.70. The Hall–Kier alpha value is -0.380. The van der Waals surface area contributed by atoms with Gasteiger partial charge in [0.1, 0.15) is 6.54 Å². The van der Waals surface area contributed by atoms with E-state index in [2.05, 4.69) is 11.5 Å². The molecule has 0 aromatic rings. The number of rotatable bonds is 1. The molecule has 1 unspecified atom stereocenters. The van der Waals surface area contributed by atoms with Crippen LogP contribution in [0.5, 0.6) is 0 Å². The highest BCUT2D eigenvalue weighted by molar-refractivity contribution is 6.22. The fraction of sp³-hybridized carbons (Fsp3) is 0.500. The number of alkyl halides is 3. The Bertz CT molecular complexity index is 128. The van der Waals surface area contributed by atoms with Crippen LogP contribution in [0.25, 0.3) is 0 Å². The molecule has 0 aliphatic carbocycles. The monoisotopic (exact) mass is 151 g/mol. The molecule has 0 aromatic heterocycles. The second-order valence-electron chi connectivity index (χ2n) is 1.34. The lowest BCUT2D eigenvalue weighted by Crippen LogP contribution is -2.22. The van der Waals surface area contributed by atoms with Crippen LogP contribution < -0.4 is 0 Å². The smallest absolute Gasteiger partial charge is 0.283 e. The molecule has 49 valence electrons. The van der Waals surface area contributed by atoms with Gasteiger partial charge < -0.3 is 0 Å². The molecule has 2 nitrogen and oxygen atoms in total. The zero-order chi connectivity index (χ0) is 6.85. The molecule has 0 saturated heterocycles. The van der Waals surface area contributed by atoms with Gasteiger partial charge >= 0.3 is 6.55 Å². The summed E-state index contributed by atoms with van der Waals surface area (Å²) >= 11 is 5.24. The summed E-state index contributed by atoms with van der Waals surface area (Å²) in [6, 6.07) is 0. The minimum atomic E-state index is -2.64. The maximum Gasteiger partial charge on any atom is 0.317 e. The first kappa shape index (κ1) is 6.74. The largest absolute Gasteiger partial charge is 0.317 e. The van der Waals surface area contributed by atoms with Crippen LogP contribution in [-0.4, -0.2) is 23.3 Å². The van der Waals surface area contributed by atoms with Crippen LogP contribution in [-0.2, 0) is 0 Å². The summed E-state index contributed by atoms with van der Waals surface area (Å²) in [5.41, 5.74) is -0.806. The van der Waals surface area contributed by atoms with Gasteiger partial charge in [0.2, 0.25) is 0 Å². The normalized spacial score (nSPS) is 26.2. The average molecular weight is 152 g/mol. The van der Waals surface area contributed by atoms with Crippen LogP contribution in [0, 0.1) is 6.54 Å². The van der Waals surface area contributed by atoms with Crippen molar-refractivity contribution < 1.29 is 8.78 Å². The van der Waals surface area contributed by atoms with Crippen molar-refractivity contribution in [2.75, 3.05) is 0 Å². The number of aliphatic imine (C=N–C) groups is 1. The first-order valence-corrected chi connectivity index (χ1v) is 2.57. The van der Waals surface area contributed by atoms with Gasteiger partial charge in [-0.2, -0.15) is 8.78 Å². The predicted molar refractivity (Wildman–Crippen MR) is 28.2 cm³/mol. The second-order valence-corrected chi connectivity index (χ2v) is 1.76. The fourth-order valence-corrected chi connectivity index (χ4v) is 0.534. The van der Waals surface area contributed by atoms with Gasteiger partial charge in [0.05, 0.1) is 0 Å². The average Bonchev–Trinajstić information content (AvgIpc) is 2.14. The topological polar surface area (TPSA) is 15.6 Å². The Morgan fingerprint density at radius 1 is 1.67 bits per heavy atom. The molecule has 0 amide bonds. The Morgan fingerprint density at radius 2 is 2.33 bits per heavy atom. The van der Waals surface area contributed by atoms with E-state index in [0.717, 1.165) is 0 Å². The maximum absolute atomic E-state index is 11.6. The third-order valence-corrected chi connectivity index (χ3v) is 0.915. The van der Waals surface area contributed by atoms with Gasteiger partial charge in [-0.05, 0) is 0 Å². The summed E-state index contributed by atoms with van der Waals surface area (Å²) in [6.07, 6.45) is 1.97. The van der Waals surface area contributed by atoms with Crippen LogP contribution in [0.4, 0.5) is 8.78 Å². The van der Waals surface area contributed by atoms with E-state index >= 15 is 0 Å². The molecule has 0 bridgehead atoms. The van der Waals surface area contributed by atoms with Crippen molar-refractivity contribution in [3.8, 4) is 0 Å². The Labute approximate surface area is 56.1 Å². The van der Waals surface area contributed by atoms with Gasteiger partial charge in [-0.3, -0.25) is 4.90 Å². The molecule has 0 fully saturated rings. The highest BCUT2D eigenvalue weighted by Crippen LogP contribution is 2.15. The van der Waals surface area contributed by atoms with E-state index < -0.39 is 12.1 Å². The molecule has 1 aliphatic rings. The third-order valence-electron chi connectivity index (χ3n) is 0.720. The highest BCUT2D eigenvalue weighted by Gasteiger charge is 2.23. The van der Waals surface area contributed by atoms with Crippen molar-refractivity contribution in [1.29, 1.82) is 0 Å². The maximum atomic E-state index is 11.6. The molecule has 0 aromatic carbocycles. The quantitative estimate of drug-likeness (QED) is 0.404. The Morgan fingerprint density at radius 3 is 2.56 bits per heavy atom. The van der Waals surface area contributed by atoms with Crippen LogP contribution in [0.2, 0.25) is 0 Å². The van der Waals surface area contributed by atoms with E-state index in [9.17, 15) is 8.78 Å². The minimum absolute atomic E-state index is 0.414. The van der Waals surface area contributed by atoms with E-state index in [1.807, 2.05) is 6.34 Å². The van der Waals surface area contributed by atoms with Crippen molar-refractivity contribution in [2.24, 2.45) is 4.99 Å². The molecular formula is C4H2ClF2N2. The standard InChI is InChI=1S/C4H2ClF2N2/c5-3-1-9(2-8-3)4(6)7/h3-4H. The lowest BCUT2D eigenvalue weighted by atomic mass is 10.6. The van der Waals surface area contributed by atoms with Gasteiger partial charge in [0, 0.05) is 0 Å². The van der Waals surface area contributed by atoms with E-state index in [0.29, 0.717) is 4.90 Å². The molecule has 1 heterocycles. The first-order chi connectivity index (χ1) is 4.20. The lowest BCUT2D eigenvalue weighted by molar-refractivity contribution is 0.0448. The zero-order valence-electron chi connectivity index (χ0n) is 4.18. The van der Waals surface area contributed by atoms with Crippen molar-refractivity contribution in [1.82, 2.24) is 4.90 Å². The fourth-order valence-electron chi connectivity index (χ4n) is 0.385. The minimum Gasteiger partial charge on any atom is -0.283 e. The predicted octanol–water partition coefficient (Wildman–Crippen LogP) is 1.03. The van der Waals surface area contributed by atoms with Gasteiger partial charge in [-0.1, -0.05) is 11.6 Å². The molecule has 9 heavy (non-hydrogen) atoms. The first-order valence-electron chi connectivity index (χ1n) is 2.13. The van der Waals surface area contributed by atoms with Crippen molar-refractivity contribution in [2.45, 2.75) is 12.1 Å². The molecule has 0 N–H and O–H groups in total. The number of hydrogen-bond donors (Lipinski definition) is 0. The molecule has 5 heteroatoms. The van der Waals surface area contributed by atoms with Gasteiger partial charge in [-0.25, -0.2) is 4.99 Å². The van der Waals surface area contributed by atoms with Crippen LogP contribution >= 0.6 is 11.6 Å².